The molecule has 1 aliphatic rings. The molecule has 1 fully saturated rings. The van der Waals surface area contributed by atoms with Crippen molar-refractivity contribution in [3.63, 3.8) is 0 Å². The number of rotatable bonds is 7. The van der Waals surface area contributed by atoms with Crippen LogP contribution in [0.15, 0.2) is 35.4 Å². The van der Waals surface area contributed by atoms with Gasteiger partial charge in [-0.05, 0) is 39.1 Å². The van der Waals surface area contributed by atoms with Crippen LogP contribution in [0.1, 0.15) is 19.3 Å². The predicted molar refractivity (Wildman–Crippen MR) is 105 cm³/mol. The summed E-state index contributed by atoms with van der Waals surface area (Å²) >= 11 is 0. The molecule has 0 unspecified atom stereocenters. The Morgan fingerprint density at radius 2 is 1.96 bits per heavy atom. The number of carbonyl (C=O) groups is 1. The van der Waals surface area contributed by atoms with Gasteiger partial charge in [0.25, 0.3) is 5.56 Å². The van der Waals surface area contributed by atoms with Crippen molar-refractivity contribution < 1.29 is 9.53 Å². The van der Waals surface area contributed by atoms with Crippen LogP contribution in [0.25, 0.3) is 10.9 Å². The Balaban J connectivity index is 1.69. The molecule has 0 spiro atoms. The summed E-state index contributed by atoms with van der Waals surface area (Å²) in [7, 11) is 4.01. The highest BCUT2D eigenvalue weighted by molar-refractivity contribution is 5.77. The number of carbonyl (C=O) groups excluding carboxylic acids is 1. The number of ether oxygens (including phenoxy) is 1. The highest BCUT2D eigenvalue weighted by atomic mass is 16.5. The molecule has 3 rings (SSSR count). The molecule has 1 aromatic heterocycles. The summed E-state index contributed by atoms with van der Waals surface area (Å²) in [5, 5.41) is 0.585. The summed E-state index contributed by atoms with van der Waals surface area (Å²) in [5.74, 6) is 0.0869. The van der Waals surface area contributed by atoms with Crippen molar-refractivity contribution in [2.45, 2.75) is 31.8 Å². The van der Waals surface area contributed by atoms with Crippen LogP contribution in [0.3, 0.4) is 0 Å². The number of hydrogen-bond acceptors (Lipinski definition) is 5. The summed E-state index contributed by atoms with van der Waals surface area (Å²) in [6.45, 7) is 3.26. The summed E-state index contributed by atoms with van der Waals surface area (Å²) in [5.41, 5.74) is 0.583. The van der Waals surface area contributed by atoms with Crippen molar-refractivity contribution >= 4 is 16.8 Å². The van der Waals surface area contributed by atoms with E-state index in [1.807, 2.05) is 37.2 Å². The molecular weight excluding hydrogens is 344 g/mol. The van der Waals surface area contributed by atoms with Gasteiger partial charge in [-0.25, -0.2) is 4.98 Å². The first-order valence-electron chi connectivity index (χ1n) is 9.52. The van der Waals surface area contributed by atoms with E-state index in [1.165, 1.54) is 10.9 Å². The molecule has 1 amide bonds. The van der Waals surface area contributed by atoms with E-state index >= 15 is 0 Å². The van der Waals surface area contributed by atoms with E-state index in [0.717, 1.165) is 19.4 Å². The van der Waals surface area contributed by atoms with Crippen LogP contribution in [-0.4, -0.2) is 71.7 Å². The average Bonchev–Trinajstić information content (AvgIpc) is 2.68. The van der Waals surface area contributed by atoms with Crippen LogP contribution >= 0.6 is 0 Å². The fraction of sp³-hybridized carbons (Fsp3) is 0.550. The fourth-order valence-electron chi connectivity index (χ4n) is 3.44. The van der Waals surface area contributed by atoms with E-state index in [2.05, 4.69) is 9.88 Å². The Bertz CT molecular complexity index is 827. The predicted octanol–water partition coefficient (Wildman–Crippen LogP) is 1.36. The summed E-state index contributed by atoms with van der Waals surface area (Å²) in [6, 6.07) is 7.50. The van der Waals surface area contributed by atoms with E-state index < -0.39 is 0 Å². The molecule has 0 aliphatic carbocycles. The van der Waals surface area contributed by atoms with E-state index in [1.54, 1.807) is 6.07 Å². The lowest BCUT2D eigenvalue weighted by molar-refractivity contribution is -0.135. The maximum Gasteiger partial charge on any atom is 0.261 e. The van der Waals surface area contributed by atoms with Gasteiger partial charge in [-0.15, -0.1) is 0 Å². The van der Waals surface area contributed by atoms with Crippen LogP contribution in [0.5, 0.6) is 0 Å². The molecule has 0 radical (unpaired) electrons. The van der Waals surface area contributed by atoms with Crippen molar-refractivity contribution in [3.8, 4) is 0 Å². The molecule has 2 aromatic rings. The Morgan fingerprint density at radius 1 is 1.22 bits per heavy atom. The van der Waals surface area contributed by atoms with Crippen molar-refractivity contribution in [1.29, 1.82) is 0 Å². The molecule has 1 aromatic carbocycles. The lowest BCUT2D eigenvalue weighted by Crippen LogP contribution is -2.46. The van der Waals surface area contributed by atoms with Gasteiger partial charge in [0.1, 0.15) is 0 Å². The first kappa shape index (κ1) is 19.5. The van der Waals surface area contributed by atoms with Gasteiger partial charge in [0, 0.05) is 45.3 Å². The van der Waals surface area contributed by atoms with Crippen molar-refractivity contribution in [1.82, 2.24) is 19.4 Å². The van der Waals surface area contributed by atoms with Gasteiger partial charge in [-0.1, -0.05) is 12.1 Å². The fourth-order valence-corrected chi connectivity index (χ4v) is 3.44. The standard InChI is InChI=1S/C20H28N4O3/c1-22(2)11-12-24(16-8-13-27-14-9-16)19(25)7-10-23-15-21-18-6-4-3-5-17(18)20(23)26/h3-6,15-16H,7-14H2,1-2H3. The third-order valence-corrected chi connectivity index (χ3v) is 5.04. The summed E-state index contributed by atoms with van der Waals surface area (Å²) < 4.78 is 6.98. The molecule has 0 atom stereocenters. The lowest BCUT2D eigenvalue weighted by atomic mass is 10.1. The van der Waals surface area contributed by atoms with Crippen molar-refractivity contribution in [3.05, 3.63) is 40.9 Å². The van der Waals surface area contributed by atoms with Crippen LogP contribution < -0.4 is 5.56 Å². The molecule has 7 nitrogen and oxygen atoms in total. The van der Waals surface area contributed by atoms with Gasteiger partial charge < -0.3 is 14.5 Å². The largest absolute Gasteiger partial charge is 0.381 e. The molecule has 0 saturated carbocycles. The Morgan fingerprint density at radius 3 is 2.70 bits per heavy atom. The first-order chi connectivity index (χ1) is 13.1. The summed E-state index contributed by atoms with van der Waals surface area (Å²) in [4.78, 5) is 33.9. The smallest absolute Gasteiger partial charge is 0.261 e. The topological polar surface area (TPSA) is 67.7 Å². The maximum absolute atomic E-state index is 12.9. The third-order valence-electron chi connectivity index (χ3n) is 5.04. The second-order valence-electron chi connectivity index (χ2n) is 7.24. The molecule has 0 N–H and O–H groups in total. The number of benzene rings is 1. The molecule has 1 aliphatic heterocycles. The number of fused-ring (bicyclic) bond motifs is 1. The SMILES string of the molecule is CN(C)CCN(C(=O)CCn1cnc2ccccc2c1=O)C1CCOCC1. The lowest BCUT2D eigenvalue weighted by Gasteiger charge is -2.35. The van der Waals surface area contributed by atoms with E-state index in [-0.39, 0.29) is 17.5 Å². The minimum atomic E-state index is -0.0979. The van der Waals surface area contributed by atoms with Gasteiger partial charge in [0.2, 0.25) is 5.91 Å². The molecular formula is C20H28N4O3. The minimum absolute atomic E-state index is 0.0869. The molecule has 0 bridgehead atoms. The quantitative estimate of drug-likeness (QED) is 0.734. The maximum atomic E-state index is 12.9. The highest BCUT2D eigenvalue weighted by Gasteiger charge is 2.25. The van der Waals surface area contributed by atoms with Gasteiger partial charge in [-0.2, -0.15) is 0 Å². The zero-order valence-electron chi connectivity index (χ0n) is 16.1. The van der Waals surface area contributed by atoms with E-state index in [9.17, 15) is 9.59 Å². The monoisotopic (exact) mass is 372 g/mol. The Kier molecular flexibility index (Phi) is 6.58. The zero-order valence-corrected chi connectivity index (χ0v) is 16.1. The molecule has 27 heavy (non-hydrogen) atoms. The molecule has 1 saturated heterocycles. The van der Waals surface area contributed by atoms with Gasteiger partial charge >= 0.3 is 0 Å². The van der Waals surface area contributed by atoms with Crippen LogP contribution in [-0.2, 0) is 16.1 Å². The zero-order chi connectivity index (χ0) is 19.2. The third kappa shape index (κ3) is 4.93. The second kappa shape index (κ2) is 9.10. The number of nitrogens with zero attached hydrogens (tertiary/aromatic N) is 4. The van der Waals surface area contributed by atoms with Crippen molar-refractivity contribution in [2.75, 3.05) is 40.4 Å². The van der Waals surface area contributed by atoms with Crippen molar-refractivity contribution in [2.24, 2.45) is 0 Å². The van der Waals surface area contributed by atoms with Crippen LogP contribution in [0.2, 0.25) is 0 Å². The second-order valence-corrected chi connectivity index (χ2v) is 7.24. The normalized spacial score (nSPS) is 15.4. The van der Waals surface area contributed by atoms with Gasteiger partial charge in [0.15, 0.2) is 0 Å². The molecule has 2 heterocycles. The number of para-hydroxylation sites is 1. The van der Waals surface area contributed by atoms with Gasteiger partial charge in [-0.3, -0.25) is 14.2 Å². The highest BCUT2D eigenvalue weighted by Crippen LogP contribution is 2.16. The number of likely N-dealkylation sites (N-methyl/N-ethyl adjacent to an activating group) is 1. The average molecular weight is 372 g/mol. The number of hydrogen-bond donors (Lipinski definition) is 0. The summed E-state index contributed by atoms with van der Waals surface area (Å²) in [6.07, 6.45) is 3.58. The first-order valence-corrected chi connectivity index (χ1v) is 9.52. The Hall–Kier alpha value is -2.25. The Labute approximate surface area is 159 Å². The van der Waals surface area contributed by atoms with E-state index in [0.29, 0.717) is 43.6 Å². The number of aromatic nitrogens is 2. The van der Waals surface area contributed by atoms with Crippen LogP contribution in [0, 0.1) is 0 Å². The molecule has 7 heteroatoms. The number of amides is 1. The van der Waals surface area contributed by atoms with E-state index in [4.69, 9.17) is 4.74 Å². The number of aryl methyl sites for hydroxylation is 1. The van der Waals surface area contributed by atoms with Gasteiger partial charge in [0.05, 0.1) is 17.2 Å². The molecule has 146 valence electrons. The van der Waals surface area contributed by atoms with Crippen LogP contribution in [0.4, 0.5) is 0 Å². The minimum Gasteiger partial charge on any atom is -0.381 e.